The Hall–Kier alpha value is -3.06. The fourth-order valence-corrected chi connectivity index (χ4v) is 3.18. The van der Waals surface area contributed by atoms with Crippen LogP contribution in [0.3, 0.4) is 0 Å². The molecule has 6 nitrogen and oxygen atoms in total. The van der Waals surface area contributed by atoms with Crippen molar-refractivity contribution in [2.24, 2.45) is 0 Å². The van der Waals surface area contributed by atoms with Gasteiger partial charge in [0.2, 0.25) is 5.75 Å². The van der Waals surface area contributed by atoms with E-state index in [2.05, 4.69) is 10.3 Å². The molecule has 0 saturated heterocycles. The number of nitrogens with one attached hydrogen (secondary N) is 1. The minimum absolute atomic E-state index is 0.250. The molecule has 3 rings (SSSR count). The van der Waals surface area contributed by atoms with Gasteiger partial charge in [0.1, 0.15) is 0 Å². The second kappa shape index (κ2) is 7.88. The number of benzene rings is 1. The first-order valence-corrected chi connectivity index (χ1v) is 8.65. The van der Waals surface area contributed by atoms with E-state index in [1.807, 2.05) is 17.5 Å². The Morgan fingerprint density at radius 1 is 1.04 bits per heavy atom. The fraction of sp³-hybridized carbons (Fsp3) is 0.158. The van der Waals surface area contributed by atoms with Crippen LogP contribution in [0.1, 0.15) is 10.4 Å². The molecular formula is C19H18N2O4S. The molecule has 26 heavy (non-hydrogen) atoms. The van der Waals surface area contributed by atoms with E-state index in [4.69, 9.17) is 14.2 Å². The van der Waals surface area contributed by atoms with Crippen molar-refractivity contribution in [1.29, 1.82) is 0 Å². The summed E-state index contributed by atoms with van der Waals surface area (Å²) < 4.78 is 15.9. The molecule has 7 heteroatoms. The third-order valence-electron chi connectivity index (χ3n) is 3.72. The Bertz CT molecular complexity index is 885. The van der Waals surface area contributed by atoms with Crippen molar-refractivity contribution < 1.29 is 19.0 Å². The highest BCUT2D eigenvalue weighted by atomic mass is 32.1. The Balaban J connectivity index is 1.87. The van der Waals surface area contributed by atoms with Gasteiger partial charge in [0.05, 0.1) is 31.9 Å². The molecule has 3 aromatic rings. The van der Waals surface area contributed by atoms with Gasteiger partial charge in [-0.2, -0.15) is 0 Å². The predicted molar refractivity (Wildman–Crippen MR) is 102 cm³/mol. The van der Waals surface area contributed by atoms with Crippen molar-refractivity contribution in [2.75, 3.05) is 26.6 Å². The van der Waals surface area contributed by atoms with E-state index >= 15 is 0 Å². The van der Waals surface area contributed by atoms with E-state index in [0.717, 1.165) is 10.6 Å². The van der Waals surface area contributed by atoms with Crippen LogP contribution in [0.25, 0.3) is 10.6 Å². The number of hydrogen-bond acceptors (Lipinski definition) is 6. The molecule has 0 fully saturated rings. The number of aromatic nitrogens is 1. The van der Waals surface area contributed by atoms with E-state index in [1.54, 1.807) is 41.8 Å². The smallest absolute Gasteiger partial charge is 0.255 e. The first-order chi connectivity index (χ1) is 12.7. The van der Waals surface area contributed by atoms with Gasteiger partial charge in [-0.25, -0.2) is 0 Å². The zero-order valence-electron chi connectivity index (χ0n) is 14.6. The van der Waals surface area contributed by atoms with Crippen molar-refractivity contribution >= 4 is 22.9 Å². The third kappa shape index (κ3) is 3.62. The van der Waals surface area contributed by atoms with Crippen LogP contribution in [0.5, 0.6) is 17.2 Å². The molecule has 1 aromatic carbocycles. The number of nitrogens with zero attached hydrogens (tertiary/aromatic N) is 1. The predicted octanol–water partition coefficient (Wildman–Crippen LogP) is 4.09. The average Bonchev–Trinajstić information content (AvgIpc) is 3.22. The summed E-state index contributed by atoms with van der Waals surface area (Å²) in [5, 5.41) is 4.82. The van der Waals surface area contributed by atoms with Crippen molar-refractivity contribution in [1.82, 2.24) is 4.98 Å². The topological polar surface area (TPSA) is 69.7 Å². The maximum absolute atomic E-state index is 12.6. The van der Waals surface area contributed by atoms with Crippen LogP contribution in [-0.4, -0.2) is 32.2 Å². The molecule has 1 amide bonds. The summed E-state index contributed by atoms with van der Waals surface area (Å²) >= 11 is 1.57. The molecule has 0 spiro atoms. The summed E-state index contributed by atoms with van der Waals surface area (Å²) in [7, 11) is 4.58. The molecule has 1 N–H and O–H groups in total. The summed E-state index contributed by atoms with van der Waals surface area (Å²) in [6.07, 6.45) is 1.62. The van der Waals surface area contributed by atoms with Crippen LogP contribution >= 0.6 is 11.3 Å². The van der Waals surface area contributed by atoms with Gasteiger partial charge in [0.15, 0.2) is 11.5 Å². The van der Waals surface area contributed by atoms with Gasteiger partial charge < -0.3 is 19.5 Å². The van der Waals surface area contributed by atoms with E-state index in [1.165, 1.54) is 21.3 Å². The minimum Gasteiger partial charge on any atom is -0.493 e. The summed E-state index contributed by atoms with van der Waals surface area (Å²) in [5.74, 6) is 1.16. The van der Waals surface area contributed by atoms with Gasteiger partial charge in [-0.1, -0.05) is 6.07 Å². The van der Waals surface area contributed by atoms with E-state index in [-0.39, 0.29) is 5.91 Å². The highest BCUT2D eigenvalue weighted by Crippen LogP contribution is 2.40. The van der Waals surface area contributed by atoms with Crippen LogP contribution < -0.4 is 19.5 Å². The molecule has 0 aliphatic heterocycles. The van der Waals surface area contributed by atoms with Gasteiger partial charge in [-0.15, -0.1) is 11.3 Å². The van der Waals surface area contributed by atoms with Crippen LogP contribution in [0, 0.1) is 0 Å². The SMILES string of the molecule is COc1cc(NC(=O)c2ccnc(-c3cccs3)c2)cc(OC)c1OC. The van der Waals surface area contributed by atoms with Gasteiger partial charge in [-0.3, -0.25) is 9.78 Å². The van der Waals surface area contributed by atoms with Crippen molar-refractivity contribution in [2.45, 2.75) is 0 Å². The number of hydrogen-bond donors (Lipinski definition) is 1. The number of rotatable bonds is 6. The lowest BCUT2D eigenvalue weighted by molar-refractivity contribution is 0.102. The van der Waals surface area contributed by atoms with Gasteiger partial charge >= 0.3 is 0 Å². The molecule has 0 saturated carbocycles. The molecule has 0 atom stereocenters. The second-order valence-electron chi connectivity index (χ2n) is 5.28. The van der Waals surface area contributed by atoms with Crippen molar-refractivity contribution in [3.63, 3.8) is 0 Å². The number of amides is 1. The molecule has 0 unspecified atom stereocenters. The van der Waals surface area contributed by atoms with Crippen LogP contribution in [0.15, 0.2) is 48.0 Å². The molecule has 0 aliphatic carbocycles. The standard InChI is InChI=1S/C19H18N2O4S/c1-23-15-10-13(11-16(24-2)18(15)25-3)21-19(22)12-6-7-20-14(9-12)17-5-4-8-26-17/h4-11H,1-3H3,(H,21,22). The number of carbonyl (C=O) groups is 1. The lowest BCUT2D eigenvalue weighted by Crippen LogP contribution is -2.12. The van der Waals surface area contributed by atoms with Gasteiger partial charge in [-0.05, 0) is 23.6 Å². The quantitative estimate of drug-likeness (QED) is 0.708. The summed E-state index contributed by atoms with van der Waals surface area (Å²) in [5.41, 5.74) is 1.81. The maximum Gasteiger partial charge on any atom is 0.255 e. The molecule has 0 radical (unpaired) electrons. The molecule has 0 aliphatic rings. The Kier molecular flexibility index (Phi) is 5.38. The lowest BCUT2D eigenvalue weighted by Gasteiger charge is -2.14. The number of methoxy groups -OCH3 is 3. The van der Waals surface area contributed by atoms with E-state index < -0.39 is 0 Å². The zero-order valence-corrected chi connectivity index (χ0v) is 15.4. The zero-order chi connectivity index (χ0) is 18.5. The Morgan fingerprint density at radius 2 is 1.77 bits per heavy atom. The highest BCUT2D eigenvalue weighted by Gasteiger charge is 2.15. The number of anilines is 1. The normalized spacial score (nSPS) is 10.3. The van der Waals surface area contributed by atoms with Crippen molar-refractivity contribution in [3.8, 4) is 27.8 Å². The fourth-order valence-electron chi connectivity index (χ4n) is 2.49. The molecule has 2 heterocycles. The lowest BCUT2D eigenvalue weighted by atomic mass is 10.2. The number of thiophene rings is 1. The van der Waals surface area contributed by atoms with Gasteiger partial charge in [0, 0.05) is 29.6 Å². The summed E-state index contributed by atoms with van der Waals surface area (Å²) in [6, 6.07) is 10.7. The third-order valence-corrected chi connectivity index (χ3v) is 4.61. The molecule has 134 valence electrons. The number of carbonyl (C=O) groups excluding carboxylic acids is 1. The summed E-state index contributed by atoms with van der Waals surface area (Å²) in [4.78, 5) is 18.0. The molecular weight excluding hydrogens is 352 g/mol. The maximum atomic E-state index is 12.6. The van der Waals surface area contributed by atoms with E-state index in [9.17, 15) is 4.79 Å². The molecule has 0 bridgehead atoms. The Morgan fingerprint density at radius 3 is 2.35 bits per heavy atom. The molecule has 2 aromatic heterocycles. The number of ether oxygens (including phenoxy) is 3. The van der Waals surface area contributed by atoms with E-state index in [0.29, 0.717) is 28.5 Å². The average molecular weight is 370 g/mol. The summed E-state index contributed by atoms with van der Waals surface area (Å²) in [6.45, 7) is 0. The van der Waals surface area contributed by atoms with Crippen LogP contribution in [0.4, 0.5) is 5.69 Å². The van der Waals surface area contributed by atoms with Gasteiger partial charge in [0.25, 0.3) is 5.91 Å². The largest absolute Gasteiger partial charge is 0.493 e. The highest BCUT2D eigenvalue weighted by molar-refractivity contribution is 7.13. The monoisotopic (exact) mass is 370 g/mol. The Labute approximate surface area is 155 Å². The minimum atomic E-state index is -0.250. The number of pyridine rings is 1. The second-order valence-corrected chi connectivity index (χ2v) is 6.22. The van der Waals surface area contributed by atoms with Crippen LogP contribution in [-0.2, 0) is 0 Å². The van der Waals surface area contributed by atoms with Crippen molar-refractivity contribution in [3.05, 3.63) is 53.5 Å². The first kappa shape index (κ1) is 17.8. The van der Waals surface area contributed by atoms with Crippen LogP contribution in [0.2, 0.25) is 0 Å². The first-order valence-electron chi connectivity index (χ1n) is 7.77.